The number of carbonyl (C=O) groups is 1. The van der Waals surface area contributed by atoms with E-state index in [4.69, 9.17) is 10.9 Å². The van der Waals surface area contributed by atoms with Crippen molar-refractivity contribution in [1.82, 2.24) is 5.32 Å². The number of nitrogens with two attached hydrogens (primary N) is 1. The Bertz CT molecular complexity index is 449. The Balaban J connectivity index is 2.43. The van der Waals surface area contributed by atoms with Crippen LogP contribution in [0.4, 0.5) is 0 Å². The number of hydrogen-bond acceptors (Lipinski definition) is 3. The first kappa shape index (κ1) is 14.5. The van der Waals surface area contributed by atoms with Crippen LogP contribution in [0.5, 0.6) is 0 Å². The van der Waals surface area contributed by atoms with Crippen LogP contribution in [0.1, 0.15) is 12.5 Å². The van der Waals surface area contributed by atoms with Gasteiger partial charge in [0, 0.05) is 16.9 Å². The van der Waals surface area contributed by atoms with Crippen LogP contribution in [0.15, 0.2) is 33.9 Å². The second kappa shape index (κ2) is 7.00. The van der Waals surface area contributed by atoms with Crippen LogP contribution < -0.4 is 11.1 Å². The number of hydrogen-bond donors (Lipinski definition) is 3. The molecule has 4 N–H and O–H groups in total. The zero-order valence-electron chi connectivity index (χ0n) is 10.1. The third kappa shape index (κ3) is 4.75. The second-order valence-corrected chi connectivity index (χ2v) is 4.95. The first-order chi connectivity index (χ1) is 8.52. The molecule has 1 unspecified atom stereocenters. The summed E-state index contributed by atoms with van der Waals surface area (Å²) in [4.78, 5) is 11.7. The fraction of sp³-hybridized carbons (Fsp3) is 0.333. The maximum atomic E-state index is 11.7. The van der Waals surface area contributed by atoms with Crippen molar-refractivity contribution in [2.24, 2.45) is 16.8 Å². The van der Waals surface area contributed by atoms with E-state index in [1.807, 2.05) is 24.3 Å². The summed E-state index contributed by atoms with van der Waals surface area (Å²) in [5, 5.41) is 14.1. The number of oxime groups is 1. The maximum absolute atomic E-state index is 11.7. The molecule has 0 bridgehead atoms. The lowest BCUT2D eigenvalue weighted by molar-refractivity contribution is -0.120. The minimum absolute atomic E-state index is 0.0920. The van der Waals surface area contributed by atoms with Crippen LogP contribution in [0.2, 0.25) is 0 Å². The van der Waals surface area contributed by atoms with Gasteiger partial charge in [-0.05, 0) is 17.7 Å². The molecule has 0 aliphatic rings. The molecule has 0 radical (unpaired) electrons. The number of amides is 1. The lowest BCUT2D eigenvalue weighted by Crippen LogP contribution is -2.35. The molecule has 6 heteroatoms. The van der Waals surface area contributed by atoms with Gasteiger partial charge in [-0.3, -0.25) is 4.79 Å². The molecule has 0 saturated carbocycles. The van der Waals surface area contributed by atoms with E-state index in [-0.39, 0.29) is 17.7 Å². The second-order valence-electron chi connectivity index (χ2n) is 4.04. The van der Waals surface area contributed by atoms with Gasteiger partial charge in [0.05, 0.1) is 6.42 Å². The minimum Gasteiger partial charge on any atom is -0.409 e. The van der Waals surface area contributed by atoms with E-state index >= 15 is 0 Å². The summed E-state index contributed by atoms with van der Waals surface area (Å²) in [7, 11) is 0. The molecule has 5 nitrogen and oxygen atoms in total. The zero-order chi connectivity index (χ0) is 13.5. The summed E-state index contributed by atoms with van der Waals surface area (Å²) >= 11 is 3.35. The predicted molar refractivity (Wildman–Crippen MR) is 73.4 cm³/mol. The van der Waals surface area contributed by atoms with E-state index in [1.165, 1.54) is 0 Å². The smallest absolute Gasteiger partial charge is 0.224 e. The van der Waals surface area contributed by atoms with Crippen LogP contribution >= 0.6 is 15.9 Å². The average Bonchev–Trinajstić information content (AvgIpc) is 2.35. The summed E-state index contributed by atoms with van der Waals surface area (Å²) in [6, 6.07) is 7.57. The fourth-order valence-electron chi connectivity index (χ4n) is 1.36. The minimum atomic E-state index is -0.193. The fourth-order valence-corrected chi connectivity index (χ4v) is 1.81. The van der Waals surface area contributed by atoms with E-state index in [0.29, 0.717) is 13.0 Å². The van der Waals surface area contributed by atoms with E-state index in [1.54, 1.807) is 6.92 Å². The Morgan fingerprint density at radius 3 is 2.94 bits per heavy atom. The SMILES string of the molecule is CC(CNC(=O)Cc1cccc(Br)c1)C(N)=NO. The molecule has 0 aliphatic heterocycles. The van der Waals surface area contributed by atoms with Gasteiger partial charge in [-0.2, -0.15) is 0 Å². The van der Waals surface area contributed by atoms with Gasteiger partial charge < -0.3 is 16.3 Å². The largest absolute Gasteiger partial charge is 0.409 e. The number of amidine groups is 1. The Labute approximate surface area is 114 Å². The van der Waals surface area contributed by atoms with Crippen molar-refractivity contribution in [3.05, 3.63) is 34.3 Å². The van der Waals surface area contributed by atoms with E-state index < -0.39 is 0 Å². The summed E-state index contributed by atoms with van der Waals surface area (Å²) in [5.41, 5.74) is 6.35. The average molecular weight is 314 g/mol. The third-order valence-corrected chi connectivity index (χ3v) is 2.97. The number of halogens is 1. The van der Waals surface area contributed by atoms with Crippen LogP contribution in [-0.4, -0.2) is 23.5 Å². The van der Waals surface area contributed by atoms with Gasteiger partial charge in [0.2, 0.25) is 5.91 Å². The first-order valence-corrected chi connectivity index (χ1v) is 6.30. The molecule has 0 heterocycles. The third-order valence-electron chi connectivity index (χ3n) is 2.48. The Morgan fingerprint density at radius 1 is 1.61 bits per heavy atom. The Morgan fingerprint density at radius 2 is 2.33 bits per heavy atom. The number of carbonyl (C=O) groups excluding carboxylic acids is 1. The normalized spacial score (nSPS) is 13.1. The molecule has 1 aromatic carbocycles. The van der Waals surface area contributed by atoms with Crippen LogP contribution in [-0.2, 0) is 11.2 Å². The summed E-state index contributed by atoms with van der Waals surface area (Å²) in [5.74, 6) is -0.176. The Kier molecular flexibility index (Phi) is 5.64. The molecule has 1 aromatic rings. The summed E-state index contributed by atoms with van der Waals surface area (Å²) in [6.07, 6.45) is 0.308. The number of nitrogens with zero attached hydrogens (tertiary/aromatic N) is 1. The molecule has 0 aliphatic carbocycles. The highest BCUT2D eigenvalue weighted by atomic mass is 79.9. The monoisotopic (exact) mass is 313 g/mol. The summed E-state index contributed by atoms with van der Waals surface area (Å²) < 4.78 is 0.942. The molecule has 0 saturated heterocycles. The molecule has 1 amide bonds. The lowest BCUT2D eigenvalue weighted by atomic mass is 10.1. The summed E-state index contributed by atoms with van der Waals surface area (Å²) in [6.45, 7) is 2.12. The van der Waals surface area contributed by atoms with Crippen molar-refractivity contribution in [3.8, 4) is 0 Å². The van der Waals surface area contributed by atoms with E-state index in [9.17, 15) is 4.79 Å². The van der Waals surface area contributed by atoms with Gasteiger partial charge >= 0.3 is 0 Å². The quantitative estimate of drug-likeness (QED) is 0.333. The van der Waals surface area contributed by atoms with Crippen LogP contribution in [0.3, 0.4) is 0 Å². The Hall–Kier alpha value is -1.56. The molecule has 1 atom stereocenters. The van der Waals surface area contributed by atoms with Gasteiger partial charge in [-0.1, -0.05) is 40.1 Å². The van der Waals surface area contributed by atoms with Crippen molar-refractivity contribution < 1.29 is 10.0 Å². The highest BCUT2D eigenvalue weighted by molar-refractivity contribution is 9.10. The molecule has 0 spiro atoms. The van der Waals surface area contributed by atoms with Crippen molar-refractivity contribution in [2.45, 2.75) is 13.3 Å². The standard InChI is InChI=1S/C12H16BrN3O2/c1-8(12(14)16-18)7-15-11(17)6-9-3-2-4-10(13)5-9/h2-5,8,18H,6-7H2,1H3,(H2,14,16)(H,15,17). The highest BCUT2D eigenvalue weighted by Gasteiger charge is 2.10. The van der Waals surface area contributed by atoms with Crippen LogP contribution in [0, 0.1) is 5.92 Å². The lowest BCUT2D eigenvalue weighted by Gasteiger charge is -2.11. The predicted octanol–water partition coefficient (Wildman–Crippen LogP) is 1.49. The van der Waals surface area contributed by atoms with Crippen molar-refractivity contribution >= 4 is 27.7 Å². The first-order valence-electron chi connectivity index (χ1n) is 5.51. The molecular formula is C12H16BrN3O2. The van der Waals surface area contributed by atoms with Gasteiger partial charge in [0.1, 0.15) is 5.84 Å². The van der Waals surface area contributed by atoms with Gasteiger partial charge in [0.25, 0.3) is 0 Å². The molecule has 0 aromatic heterocycles. The maximum Gasteiger partial charge on any atom is 0.224 e. The van der Waals surface area contributed by atoms with Crippen molar-refractivity contribution in [3.63, 3.8) is 0 Å². The highest BCUT2D eigenvalue weighted by Crippen LogP contribution is 2.11. The topological polar surface area (TPSA) is 87.7 Å². The molecule has 98 valence electrons. The van der Waals surface area contributed by atoms with Gasteiger partial charge in [0.15, 0.2) is 0 Å². The number of rotatable bonds is 5. The molecular weight excluding hydrogens is 298 g/mol. The van der Waals surface area contributed by atoms with E-state index in [0.717, 1.165) is 10.0 Å². The molecule has 0 fully saturated rings. The number of benzene rings is 1. The molecule has 1 rings (SSSR count). The van der Waals surface area contributed by atoms with Gasteiger partial charge in [-0.15, -0.1) is 0 Å². The zero-order valence-corrected chi connectivity index (χ0v) is 11.6. The van der Waals surface area contributed by atoms with Crippen LogP contribution in [0.25, 0.3) is 0 Å². The van der Waals surface area contributed by atoms with E-state index in [2.05, 4.69) is 26.4 Å². The number of nitrogens with one attached hydrogen (secondary N) is 1. The van der Waals surface area contributed by atoms with Crippen molar-refractivity contribution in [2.75, 3.05) is 6.54 Å². The van der Waals surface area contributed by atoms with Crippen molar-refractivity contribution in [1.29, 1.82) is 0 Å². The van der Waals surface area contributed by atoms with Gasteiger partial charge in [-0.25, -0.2) is 0 Å². The molecule has 18 heavy (non-hydrogen) atoms.